The average Bonchev–Trinajstić information content (AvgIpc) is 2.62. The molecule has 0 amide bonds. The van der Waals surface area contributed by atoms with Crippen molar-refractivity contribution in [2.75, 3.05) is 6.61 Å². The summed E-state index contributed by atoms with van der Waals surface area (Å²) in [5.74, 6) is 2.75. The molecule has 1 saturated carbocycles. The Bertz CT molecular complexity index is 489. The van der Waals surface area contributed by atoms with Crippen LogP contribution in [0.4, 0.5) is 0 Å². The molecule has 0 aliphatic heterocycles. The van der Waals surface area contributed by atoms with Crippen molar-refractivity contribution in [2.45, 2.75) is 65.2 Å². The van der Waals surface area contributed by atoms with E-state index >= 15 is 0 Å². The van der Waals surface area contributed by atoms with E-state index in [1.54, 1.807) is 0 Å². The monoisotopic (exact) mass is 326 g/mol. The molecule has 0 atom stereocenters. The summed E-state index contributed by atoms with van der Waals surface area (Å²) in [6.45, 7) is 5.30. The molecule has 1 heteroatoms. The summed E-state index contributed by atoms with van der Waals surface area (Å²) in [4.78, 5) is 0. The zero-order chi connectivity index (χ0) is 17.0. The lowest BCUT2D eigenvalue weighted by atomic mass is 9.80. The Hall–Kier alpha value is -1.50. The van der Waals surface area contributed by atoms with Crippen LogP contribution in [0.5, 0.6) is 5.75 Å². The standard InChI is InChI=1S/C23H34O/c1-3-5-19-24-23-17-15-22(16-18-23)10-7-6-9-21-13-11-20(8-4-2)12-14-21/h6-7,9-10,15-18,20-21H,3-5,8,11-14,19H2,1-2H3/t20-,21-. The molecule has 0 aromatic heterocycles. The molecular weight excluding hydrogens is 292 g/mol. The minimum absolute atomic E-state index is 0.789. The smallest absolute Gasteiger partial charge is 0.119 e. The number of rotatable bonds is 9. The van der Waals surface area contributed by atoms with Crippen molar-refractivity contribution >= 4 is 6.08 Å². The van der Waals surface area contributed by atoms with Gasteiger partial charge in [-0.25, -0.2) is 0 Å². The Morgan fingerprint density at radius 3 is 2.38 bits per heavy atom. The molecule has 0 unspecified atom stereocenters. The second kappa shape index (κ2) is 11.1. The van der Waals surface area contributed by atoms with Crippen molar-refractivity contribution < 1.29 is 4.74 Å². The van der Waals surface area contributed by atoms with Crippen molar-refractivity contribution in [1.29, 1.82) is 0 Å². The van der Waals surface area contributed by atoms with E-state index in [1.165, 1.54) is 50.5 Å². The van der Waals surface area contributed by atoms with Gasteiger partial charge in [-0.1, -0.05) is 69.5 Å². The van der Waals surface area contributed by atoms with Crippen LogP contribution in [0.2, 0.25) is 0 Å². The van der Waals surface area contributed by atoms with E-state index in [0.29, 0.717) is 0 Å². The third kappa shape index (κ3) is 6.95. The summed E-state index contributed by atoms with van der Waals surface area (Å²) in [5, 5.41) is 0. The average molecular weight is 327 g/mol. The molecule has 24 heavy (non-hydrogen) atoms. The lowest BCUT2D eigenvalue weighted by Gasteiger charge is -2.26. The molecule has 1 aliphatic carbocycles. The molecule has 132 valence electrons. The van der Waals surface area contributed by atoms with E-state index in [0.717, 1.165) is 30.6 Å². The van der Waals surface area contributed by atoms with Crippen LogP contribution in [0.1, 0.15) is 70.8 Å². The van der Waals surface area contributed by atoms with Crippen LogP contribution in [-0.2, 0) is 0 Å². The normalized spacial score (nSPS) is 21.6. The molecule has 1 aliphatic rings. The van der Waals surface area contributed by atoms with Crippen LogP contribution in [0.15, 0.2) is 42.5 Å². The van der Waals surface area contributed by atoms with Gasteiger partial charge in [-0.3, -0.25) is 0 Å². The van der Waals surface area contributed by atoms with Crippen molar-refractivity contribution in [3.63, 3.8) is 0 Å². The summed E-state index contributed by atoms with van der Waals surface area (Å²) in [6, 6.07) is 8.38. The highest BCUT2D eigenvalue weighted by Crippen LogP contribution is 2.32. The Morgan fingerprint density at radius 1 is 0.958 bits per heavy atom. The summed E-state index contributed by atoms with van der Waals surface area (Å²) in [6.07, 6.45) is 19.6. The van der Waals surface area contributed by atoms with Crippen LogP contribution in [0.25, 0.3) is 6.08 Å². The fourth-order valence-electron chi connectivity index (χ4n) is 3.48. The van der Waals surface area contributed by atoms with Crippen molar-refractivity contribution in [1.82, 2.24) is 0 Å². The first-order valence-corrected chi connectivity index (χ1v) is 9.89. The van der Waals surface area contributed by atoms with Gasteiger partial charge in [-0.05, 0) is 61.6 Å². The highest BCUT2D eigenvalue weighted by Gasteiger charge is 2.18. The van der Waals surface area contributed by atoms with Crippen LogP contribution >= 0.6 is 0 Å². The van der Waals surface area contributed by atoms with Gasteiger partial charge in [0.05, 0.1) is 6.61 Å². The number of allylic oxidation sites excluding steroid dienone is 3. The van der Waals surface area contributed by atoms with Crippen molar-refractivity contribution in [2.24, 2.45) is 11.8 Å². The molecule has 1 fully saturated rings. The third-order valence-electron chi connectivity index (χ3n) is 5.02. The largest absolute Gasteiger partial charge is 0.494 e. The van der Waals surface area contributed by atoms with Gasteiger partial charge in [-0.2, -0.15) is 0 Å². The summed E-state index contributed by atoms with van der Waals surface area (Å²) >= 11 is 0. The Morgan fingerprint density at radius 2 is 1.71 bits per heavy atom. The van der Waals surface area contributed by atoms with Gasteiger partial charge < -0.3 is 4.74 Å². The highest BCUT2D eigenvalue weighted by molar-refractivity contribution is 5.52. The van der Waals surface area contributed by atoms with Crippen LogP contribution in [0.3, 0.4) is 0 Å². The first-order chi connectivity index (χ1) is 11.8. The molecule has 0 N–H and O–H groups in total. The number of hydrogen-bond acceptors (Lipinski definition) is 1. The maximum Gasteiger partial charge on any atom is 0.119 e. The predicted molar refractivity (Wildman–Crippen MR) is 105 cm³/mol. The Balaban J connectivity index is 1.71. The van der Waals surface area contributed by atoms with Gasteiger partial charge in [-0.15, -0.1) is 0 Å². The molecule has 0 spiro atoms. The van der Waals surface area contributed by atoms with Crippen molar-refractivity contribution in [3.05, 3.63) is 48.1 Å². The van der Waals surface area contributed by atoms with Crippen LogP contribution in [0, 0.1) is 11.8 Å². The SMILES string of the molecule is CCCCOc1ccc(C=CC=C[C@H]2CC[C@H](CCC)CC2)cc1. The first-order valence-electron chi connectivity index (χ1n) is 9.89. The topological polar surface area (TPSA) is 9.23 Å². The third-order valence-corrected chi connectivity index (χ3v) is 5.02. The van der Waals surface area contributed by atoms with E-state index < -0.39 is 0 Å². The van der Waals surface area contributed by atoms with E-state index in [2.05, 4.69) is 62.4 Å². The number of unbranched alkanes of at least 4 members (excludes halogenated alkanes) is 1. The molecule has 0 radical (unpaired) electrons. The Kier molecular flexibility index (Phi) is 8.73. The molecule has 0 saturated heterocycles. The summed E-state index contributed by atoms with van der Waals surface area (Å²) in [5.41, 5.74) is 1.23. The van der Waals surface area contributed by atoms with Gasteiger partial charge >= 0.3 is 0 Å². The van der Waals surface area contributed by atoms with Crippen molar-refractivity contribution in [3.8, 4) is 5.75 Å². The van der Waals surface area contributed by atoms with Gasteiger partial charge in [0.15, 0.2) is 0 Å². The molecule has 1 aromatic carbocycles. The maximum atomic E-state index is 5.69. The molecular formula is C23H34O. The fraction of sp³-hybridized carbons (Fsp3) is 0.565. The minimum Gasteiger partial charge on any atom is -0.494 e. The minimum atomic E-state index is 0.789. The van der Waals surface area contributed by atoms with Crippen LogP contribution < -0.4 is 4.74 Å². The van der Waals surface area contributed by atoms with Crippen LogP contribution in [-0.4, -0.2) is 6.61 Å². The van der Waals surface area contributed by atoms with Gasteiger partial charge in [0.25, 0.3) is 0 Å². The predicted octanol–water partition coefficient (Wildman–Crippen LogP) is 7.04. The Labute approximate surface area is 148 Å². The molecule has 1 nitrogen and oxygen atoms in total. The molecule has 1 aromatic rings. The second-order valence-electron chi connectivity index (χ2n) is 7.08. The highest BCUT2D eigenvalue weighted by atomic mass is 16.5. The number of ether oxygens (including phenoxy) is 1. The summed E-state index contributed by atoms with van der Waals surface area (Å²) in [7, 11) is 0. The van der Waals surface area contributed by atoms with E-state index in [9.17, 15) is 0 Å². The zero-order valence-corrected chi connectivity index (χ0v) is 15.5. The molecule has 0 bridgehead atoms. The first kappa shape index (κ1) is 18.8. The van der Waals surface area contributed by atoms with Gasteiger partial charge in [0.2, 0.25) is 0 Å². The quantitative estimate of drug-likeness (QED) is 0.349. The van der Waals surface area contributed by atoms with E-state index in [4.69, 9.17) is 4.74 Å². The zero-order valence-electron chi connectivity index (χ0n) is 15.5. The van der Waals surface area contributed by atoms with Gasteiger partial charge in [0, 0.05) is 0 Å². The maximum absolute atomic E-state index is 5.69. The fourth-order valence-corrected chi connectivity index (χ4v) is 3.48. The van der Waals surface area contributed by atoms with E-state index in [1.807, 2.05) is 0 Å². The lowest BCUT2D eigenvalue weighted by Crippen LogP contribution is -2.12. The lowest BCUT2D eigenvalue weighted by molar-refractivity contribution is 0.294. The summed E-state index contributed by atoms with van der Waals surface area (Å²) < 4.78 is 5.69. The number of benzene rings is 1. The van der Waals surface area contributed by atoms with Gasteiger partial charge in [0.1, 0.15) is 5.75 Å². The second-order valence-corrected chi connectivity index (χ2v) is 7.08. The van der Waals surface area contributed by atoms with E-state index in [-0.39, 0.29) is 0 Å². The molecule has 0 heterocycles. The molecule has 2 rings (SSSR count). The number of hydrogen-bond donors (Lipinski definition) is 0.